The first-order valence-corrected chi connectivity index (χ1v) is 7.01. The van der Waals surface area contributed by atoms with Crippen LogP contribution >= 0.6 is 0 Å². The SMILES string of the molecule is COc1ccc(CC(O)C(C)(C)c2ccccc2)cc1F. The predicted octanol–water partition coefficient (Wildman–Crippen LogP) is 3.72. The van der Waals surface area contributed by atoms with Crippen molar-refractivity contribution in [3.8, 4) is 5.75 Å². The van der Waals surface area contributed by atoms with Crippen LogP contribution < -0.4 is 4.74 Å². The minimum Gasteiger partial charge on any atom is -0.494 e. The molecule has 0 saturated heterocycles. The molecule has 0 aliphatic carbocycles. The molecule has 1 unspecified atom stereocenters. The molecule has 3 heteroatoms. The standard InChI is InChI=1S/C18H21FO2/c1-18(2,14-7-5-4-6-8-14)17(20)12-13-9-10-16(21-3)15(19)11-13/h4-11,17,20H,12H2,1-3H3. The Kier molecular flexibility index (Phi) is 4.63. The van der Waals surface area contributed by atoms with Crippen LogP contribution in [0, 0.1) is 5.82 Å². The average molecular weight is 288 g/mol. The Hall–Kier alpha value is -1.87. The Labute approximate surface area is 125 Å². The fourth-order valence-electron chi connectivity index (χ4n) is 2.38. The van der Waals surface area contributed by atoms with Crippen molar-refractivity contribution in [3.05, 3.63) is 65.5 Å². The fraction of sp³-hybridized carbons (Fsp3) is 0.333. The lowest BCUT2D eigenvalue weighted by Crippen LogP contribution is -2.35. The van der Waals surface area contributed by atoms with Crippen molar-refractivity contribution in [2.45, 2.75) is 31.8 Å². The van der Waals surface area contributed by atoms with E-state index in [-0.39, 0.29) is 5.75 Å². The summed E-state index contributed by atoms with van der Waals surface area (Å²) in [5.41, 5.74) is 1.41. The summed E-state index contributed by atoms with van der Waals surface area (Å²) in [6.07, 6.45) is -0.212. The highest BCUT2D eigenvalue weighted by Crippen LogP contribution is 2.29. The molecular weight excluding hydrogens is 267 g/mol. The molecule has 0 amide bonds. The van der Waals surface area contributed by atoms with Gasteiger partial charge in [-0.1, -0.05) is 50.2 Å². The van der Waals surface area contributed by atoms with E-state index in [0.29, 0.717) is 6.42 Å². The lowest BCUT2D eigenvalue weighted by atomic mass is 9.77. The zero-order valence-electron chi connectivity index (χ0n) is 12.6. The maximum absolute atomic E-state index is 13.7. The van der Waals surface area contributed by atoms with Crippen LogP contribution in [0.4, 0.5) is 4.39 Å². The Morgan fingerprint density at radius 2 is 1.81 bits per heavy atom. The van der Waals surface area contributed by atoms with Gasteiger partial charge in [0.1, 0.15) is 0 Å². The molecule has 0 saturated carbocycles. The first-order valence-electron chi connectivity index (χ1n) is 7.01. The van der Waals surface area contributed by atoms with Crippen molar-refractivity contribution in [2.24, 2.45) is 0 Å². The average Bonchev–Trinajstić information content (AvgIpc) is 2.48. The van der Waals surface area contributed by atoms with Crippen LogP contribution in [0.25, 0.3) is 0 Å². The number of hydrogen-bond donors (Lipinski definition) is 1. The second-order valence-electron chi connectivity index (χ2n) is 5.78. The molecule has 112 valence electrons. The van der Waals surface area contributed by atoms with Crippen LogP contribution in [-0.4, -0.2) is 18.3 Å². The maximum atomic E-state index is 13.7. The third-order valence-electron chi connectivity index (χ3n) is 4.00. The summed E-state index contributed by atoms with van der Waals surface area (Å²) >= 11 is 0. The molecule has 0 spiro atoms. The van der Waals surface area contributed by atoms with Crippen LogP contribution in [0.5, 0.6) is 5.75 Å². The van der Waals surface area contributed by atoms with E-state index in [2.05, 4.69) is 0 Å². The molecule has 0 aromatic heterocycles. The van der Waals surface area contributed by atoms with Crippen molar-refractivity contribution in [1.29, 1.82) is 0 Å². The lowest BCUT2D eigenvalue weighted by Gasteiger charge is -2.31. The van der Waals surface area contributed by atoms with Crippen LogP contribution in [0.3, 0.4) is 0 Å². The first-order chi connectivity index (χ1) is 9.95. The van der Waals surface area contributed by atoms with Crippen LogP contribution in [-0.2, 0) is 11.8 Å². The number of halogens is 1. The van der Waals surface area contributed by atoms with Gasteiger partial charge in [-0.3, -0.25) is 0 Å². The van der Waals surface area contributed by atoms with Gasteiger partial charge in [-0.15, -0.1) is 0 Å². The normalized spacial score (nSPS) is 13.0. The number of aliphatic hydroxyl groups is 1. The summed E-state index contributed by atoms with van der Waals surface area (Å²) in [6.45, 7) is 3.99. The van der Waals surface area contributed by atoms with Gasteiger partial charge in [-0.2, -0.15) is 0 Å². The van der Waals surface area contributed by atoms with E-state index >= 15 is 0 Å². The minimum absolute atomic E-state index is 0.218. The number of benzene rings is 2. The topological polar surface area (TPSA) is 29.5 Å². The Bertz CT molecular complexity index is 593. The van der Waals surface area contributed by atoms with Gasteiger partial charge < -0.3 is 9.84 Å². The highest BCUT2D eigenvalue weighted by atomic mass is 19.1. The fourth-order valence-corrected chi connectivity index (χ4v) is 2.38. The number of rotatable bonds is 5. The van der Waals surface area contributed by atoms with Gasteiger partial charge in [-0.25, -0.2) is 4.39 Å². The van der Waals surface area contributed by atoms with Gasteiger partial charge in [0.25, 0.3) is 0 Å². The first kappa shape index (κ1) is 15.5. The van der Waals surface area contributed by atoms with E-state index in [1.807, 2.05) is 44.2 Å². The number of aliphatic hydroxyl groups excluding tert-OH is 1. The Morgan fingerprint density at radius 1 is 1.14 bits per heavy atom. The quantitative estimate of drug-likeness (QED) is 0.908. The predicted molar refractivity (Wildman–Crippen MR) is 82.1 cm³/mol. The number of ether oxygens (including phenoxy) is 1. The summed E-state index contributed by atoms with van der Waals surface area (Å²) in [5, 5.41) is 10.5. The van der Waals surface area contributed by atoms with Crippen LogP contribution in [0.2, 0.25) is 0 Å². The highest BCUT2D eigenvalue weighted by Gasteiger charge is 2.29. The van der Waals surface area contributed by atoms with E-state index in [9.17, 15) is 9.50 Å². The summed E-state index contributed by atoms with van der Waals surface area (Å²) in [5.74, 6) is -0.185. The van der Waals surface area contributed by atoms with E-state index in [0.717, 1.165) is 11.1 Å². The van der Waals surface area contributed by atoms with Crippen molar-refractivity contribution in [1.82, 2.24) is 0 Å². The number of hydrogen-bond acceptors (Lipinski definition) is 2. The molecule has 0 radical (unpaired) electrons. The third-order valence-corrected chi connectivity index (χ3v) is 4.00. The van der Waals surface area contributed by atoms with E-state index < -0.39 is 17.3 Å². The molecule has 2 rings (SSSR count). The smallest absolute Gasteiger partial charge is 0.165 e. The van der Waals surface area contributed by atoms with E-state index in [1.165, 1.54) is 13.2 Å². The molecule has 0 heterocycles. The molecule has 0 aliphatic heterocycles. The lowest BCUT2D eigenvalue weighted by molar-refractivity contribution is 0.0999. The third kappa shape index (κ3) is 3.42. The van der Waals surface area contributed by atoms with Crippen molar-refractivity contribution in [3.63, 3.8) is 0 Å². The molecule has 2 nitrogen and oxygen atoms in total. The van der Waals surface area contributed by atoms with E-state index in [4.69, 9.17) is 4.74 Å². The summed E-state index contributed by atoms with van der Waals surface area (Å²) < 4.78 is 18.6. The number of methoxy groups -OCH3 is 1. The van der Waals surface area contributed by atoms with Gasteiger partial charge in [0.15, 0.2) is 11.6 Å². The zero-order valence-corrected chi connectivity index (χ0v) is 12.6. The molecule has 2 aromatic rings. The van der Waals surface area contributed by atoms with Gasteiger partial charge in [-0.05, 0) is 29.7 Å². The second-order valence-corrected chi connectivity index (χ2v) is 5.78. The van der Waals surface area contributed by atoms with Crippen molar-refractivity contribution >= 4 is 0 Å². The Morgan fingerprint density at radius 3 is 2.38 bits per heavy atom. The molecule has 2 aromatic carbocycles. The second kappa shape index (κ2) is 6.27. The monoisotopic (exact) mass is 288 g/mol. The van der Waals surface area contributed by atoms with E-state index in [1.54, 1.807) is 12.1 Å². The van der Waals surface area contributed by atoms with Crippen LogP contribution in [0.1, 0.15) is 25.0 Å². The van der Waals surface area contributed by atoms with Gasteiger partial charge in [0, 0.05) is 5.41 Å². The molecule has 0 fully saturated rings. The van der Waals surface area contributed by atoms with Crippen molar-refractivity contribution in [2.75, 3.05) is 7.11 Å². The summed E-state index contributed by atoms with van der Waals surface area (Å²) in [7, 11) is 1.44. The zero-order chi connectivity index (χ0) is 15.5. The highest BCUT2D eigenvalue weighted by molar-refractivity contribution is 5.31. The molecule has 1 N–H and O–H groups in total. The molecule has 0 bridgehead atoms. The van der Waals surface area contributed by atoms with Crippen molar-refractivity contribution < 1.29 is 14.2 Å². The van der Waals surface area contributed by atoms with Crippen LogP contribution in [0.15, 0.2) is 48.5 Å². The van der Waals surface area contributed by atoms with Gasteiger partial charge >= 0.3 is 0 Å². The molecular formula is C18H21FO2. The molecule has 21 heavy (non-hydrogen) atoms. The summed E-state index contributed by atoms with van der Waals surface area (Å²) in [4.78, 5) is 0. The Balaban J connectivity index is 2.17. The molecule has 0 aliphatic rings. The maximum Gasteiger partial charge on any atom is 0.165 e. The van der Waals surface area contributed by atoms with Gasteiger partial charge in [0.05, 0.1) is 13.2 Å². The van der Waals surface area contributed by atoms with Gasteiger partial charge in [0.2, 0.25) is 0 Å². The largest absolute Gasteiger partial charge is 0.494 e. The molecule has 1 atom stereocenters. The summed E-state index contributed by atoms with van der Waals surface area (Å²) in [6, 6.07) is 14.6. The minimum atomic E-state index is -0.604.